The third-order valence-corrected chi connectivity index (χ3v) is 3.86. The first-order valence-corrected chi connectivity index (χ1v) is 6.53. The van der Waals surface area contributed by atoms with Gasteiger partial charge in [-0.25, -0.2) is 4.98 Å². The fourth-order valence-corrected chi connectivity index (χ4v) is 2.72. The van der Waals surface area contributed by atoms with E-state index in [0.717, 1.165) is 30.8 Å². The maximum absolute atomic E-state index is 6.19. The van der Waals surface area contributed by atoms with Crippen molar-refractivity contribution < 1.29 is 0 Å². The van der Waals surface area contributed by atoms with Crippen LogP contribution in [0.5, 0.6) is 0 Å². The Bertz CT molecular complexity index is 391. The zero-order chi connectivity index (χ0) is 12.5. The van der Waals surface area contributed by atoms with Gasteiger partial charge in [-0.05, 0) is 32.9 Å². The van der Waals surface area contributed by atoms with Crippen molar-refractivity contribution in [3.8, 4) is 0 Å². The largest absolute Gasteiger partial charge is 0.315 e. The van der Waals surface area contributed by atoms with Crippen LogP contribution >= 0.6 is 23.2 Å². The van der Waals surface area contributed by atoms with Gasteiger partial charge in [0.05, 0.1) is 0 Å². The van der Waals surface area contributed by atoms with Crippen molar-refractivity contribution in [2.45, 2.75) is 32.4 Å². The van der Waals surface area contributed by atoms with Crippen LogP contribution in [0.3, 0.4) is 0 Å². The van der Waals surface area contributed by atoms with E-state index >= 15 is 0 Å². The lowest BCUT2D eigenvalue weighted by Gasteiger charge is -2.25. The Hall–Kier alpha value is -0.350. The summed E-state index contributed by atoms with van der Waals surface area (Å²) in [7, 11) is 0. The highest BCUT2D eigenvalue weighted by Crippen LogP contribution is 2.25. The Morgan fingerprint density at radius 2 is 2.29 bits per heavy atom. The van der Waals surface area contributed by atoms with Gasteiger partial charge in [0.2, 0.25) is 0 Å². The normalized spacial score (nSPS) is 24.2. The first-order valence-electron chi connectivity index (χ1n) is 5.77. The molecule has 1 aromatic rings. The summed E-state index contributed by atoms with van der Waals surface area (Å²) in [5.41, 5.74) is 1.85. The fourth-order valence-electron chi connectivity index (χ4n) is 2.05. The summed E-state index contributed by atoms with van der Waals surface area (Å²) in [6.45, 7) is 6.77. The highest BCUT2D eigenvalue weighted by molar-refractivity contribution is 6.35. The topological polar surface area (TPSA) is 37.0 Å². The molecule has 0 bridgehead atoms. The molecule has 1 atom stereocenters. The van der Waals surface area contributed by atoms with Crippen molar-refractivity contribution >= 4 is 23.2 Å². The van der Waals surface area contributed by atoms with Gasteiger partial charge in [0, 0.05) is 34.9 Å². The number of hydrogen-bond acceptors (Lipinski definition) is 3. The number of nitrogens with one attached hydrogen (secondary N) is 2. The summed E-state index contributed by atoms with van der Waals surface area (Å²) in [4.78, 5) is 4.23. The summed E-state index contributed by atoms with van der Waals surface area (Å²) < 4.78 is 0. The molecule has 2 rings (SSSR count). The summed E-state index contributed by atoms with van der Waals surface area (Å²) in [6, 6.07) is 1.85. The molecule has 1 unspecified atom stereocenters. The van der Waals surface area contributed by atoms with Crippen LogP contribution in [0.4, 0.5) is 0 Å². The van der Waals surface area contributed by atoms with E-state index in [4.69, 9.17) is 23.2 Å². The molecule has 1 aliphatic rings. The van der Waals surface area contributed by atoms with E-state index in [1.54, 1.807) is 0 Å². The van der Waals surface area contributed by atoms with E-state index < -0.39 is 0 Å². The van der Waals surface area contributed by atoms with Crippen LogP contribution in [0.15, 0.2) is 6.07 Å². The number of hydrogen-bond donors (Lipinski definition) is 2. The lowest BCUT2D eigenvalue weighted by Crippen LogP contribution is -2.43. The van der Waals surface area contributed by atoms with Crippen molar-refractivity contribution in [1.29, 1.82) is 0 Å². The Labute approximate surface area is 112 Å². The van der Waals surface area contributed by atoms with E-state index in [1.807, 2.05) is 13.0 Å². The zero-order valence-electron chi connectivity index (χ0n) is 10.1. The maximum atomic E-state index is 6.19. The minimum Gasteiger partial charge on any atom is -0.315 e. The van der Waals surface area contributed by atoms with Gasteiger partial charge < -0.3 is 10.6 Å². The maximum Gasteiger partial charge on any atom is 0.135 e. The Balaban J connectivity index is 2.08. The van der Waals surface area contributed by atoms with Gasteiger partial charge in [0.15, 0.2) is 0 Å². The van der Waals surface area contributed by atoms with Crippen molar-refractivity contribution in [2.24, 2.45) is 0 Å². The molecule has 2 N–H and O–H groups in total. The van der Waals surface area contributed by atoms with Crippen molar-refractivity contribution in [2.75, 3.05) is 13.1 Å². The third kappa shape index (κ3) is 3.10. The molecule has 0 saturated carbocycles. The van der Waals surface area contributed by atoms with Crippen LogP contribution in [-0.2, 0) is 6.54 Å². The molecule has 1 saturated heterocycles. The molecular formula is C12H17Cl2N3. The molecule has 5 heteroatoms. The second kappa shape index (κ2) is 5.11. The minimum absolute atomic E-state index is 0.123. The van der Waals surface area contributed by atoms with Crippen molar-refractivity contribution in [3.05, 3.63) is 27.5 Å². The lowest BCUT2D eigenvalue weighted by atomic mass is 10.0. The van der Waals surface area contributed by atoms with Gasteiger partial charge >= 0.3 is 0 Å². The van der Waals surface area contributed by atoms with Crippen LogP contribution in [0.2, 0.25) is 10.2 Å². The SMILES string of the molecule is Cc1cc(Cl)c(CNC2(C)CCNC2)c(Cl)n1. The average molecular weight is 274 g/mol. The van der Waals surface area contributed by atoms with Gasteiger partial charge in [0.1, 0.15) is 5.15 Å². The second-order valence-corrected chi connectivity index (χ2v) is 5.62. The molecular weight excluding hydrogens is 257 g/mol. The monoisotopic (exact) mass is 273 g/mol. The molecule has 1 fully saturated rings. The molecule has 0 spiro atoms. The Morgan fingerprint density at radius 3 is 2.88 bits per heavy atom. The standard InChI is InChI=1S/C12H17Cl2N3/c1-8-5-10(13)9(11(14)17-8)6-16-12(2)3-4-15-7-12/h5,15-16H,3-4,6-7H2,1-2H3. The van der Waals surface area contributed by atoms with Gasteiger partial charge in [-0.15, -0.1) is 0 Å². The summed E-state index contributed by atoms with van der Waals surface area (Å²) in [5, 5.41) is 8.03. The van der Waals surface area contributed by atoms with E-state index in [0.29, 0.717) is 16.7 Å². The number of rotatable bonds is 3. The van der Waals surface area contributed by atoms with E-state index in [-0.39, 0.29) is 5.54 Å². The molecule has 0 aliphatic carbocycles. The molecule has 0 radical (unpaired) electrons. The van der Waals surface area contributed by atoms with Gasteiger partial charge in [-0.1, -0.05) is 23.2 Å². The number of aryl methyl sites for hydroxylation is 1. The minimum atomic E-state index is 0.123. The molecule has 2 heterocycles. The lowest BCUT2D eigenvalue weighted by molar-refractivity contribution is 0.385. The molecule has 0 aromatic carbocycles. The van der Waals surface area contributed by atoms with Crippen molar-refractivity contribution in [1.82, 2.24) is 15.6 Å². The predicted octanol–water partition coefficient (Wildman–Crippen LogP) is 2.54. The average Bonchev–Trinajstić information content (AvgIpc) is 2.64. The van der Waals surface area contributed by atoms with Crippen LogP contribution in [-0.4, -0.2) is 23.6 Å². The molecule has 1 aromatic heterocycles. The molecule has 94 valence electrons. The third-order valence-electron chi connectivity index (χ3n) is 3.21. The zero-order valence-corrected chi connectivity index (χ0v) is 11.6. The number of aromatic nitrogens is 1. The molecule has 0 amide bonds. The summed E-state index contributed by atoms with van der Waals surface area (Å²) in [5.74, 6) is 0. The molecule has 17 heavy (non-hydrogen) atoms. The van der Waals surface area contributed by atoms with Crippen LogP contribution in [0.1, 0.15) is 24.6 Å². The van der Waals surface area contributed by atoms with E-state index in [9.17, 15) is 0 Å². The first kappa shape index (κ1) is 13.1. The first-order chi connectivity index (χ1) is 8.00. The van der Waals surface area contributed by atoms with Crippen LogP contribution in [0.25, 0.3) is 0 Å². The number of pyridine rings is 1. The van der Waals surface area contributed by atoms with Gasteiger partial charge in [-0.2, -0.15) is 0 Å². The Kier molecular flexibility index (Phi) is 3.93. The van der Waals surface area contributed by atoms with Crippen LogP contribution in [0, 0.1) is 6.92 Å². The van der Waals surface area contributed by atoms with Crippen LogP contribution < -0.4 is 10.6 Å². The molecule has 1 aliphatic heterocycles. The smallest absolute Gasteiger partial charge is 0.135 e. The van der Waals surface area contributed by atoms with E-state index in [1.165, 1.54) is 0 Å². The van der Waals surface area contributed by atoms with E-state index in [2.05, 4.69) is 22.5 Å². The van der Waals surface area contributed by atoms with Gasteiger partial charge in [0.25, 0.3) is 0 Å². The summed E-state index contributed by atoms with van der Waals surface area (Å²) >= 11 is 12.3. The van der Waals surface area contributed by atoms with Crippen molar-refractivity contribution in [3.63, 3.8) is 0 Å². The number of halogens is 2. The second-order valence-electron chi connectivity index (χ2n) is 4.86. The highest BCUT2D eigenvalue weighted by atomic mass is 35.5. The summed E-state index contributed by atoms with van der Waals surface area (Å²) in [6.07, 6.45) is 1.11. The predicted molar refractivity (Wildman–Crippen MR) is 71.7 cm³/mol. The quantitative estimate of drug-likeness (QED) is 0.832. The fraction of sp³-hybridized carbons (Fsp3) is 0.583. The molecule has 3 nitrogen and oxygen atoms in total. The number of nitrogens with zero attached hydrogens (tertiary/aromatic N) is 1. The van der Waals surface area contributed by atoms with Gasteiger partial charge in [-0.3, -0.25) is 0 Å². The Morgan fingerprint density at radius 1 is 1.53 bits per heavy atom. The highest BCUT2D eigenvalue weighted by Gasteiger charge is 2.28.